The van der Waals surface area contributed by atoms with Gasteiger partial charge < -0.3 is 5.32 Å². The van der Waals surface area contributed by atoms with E-state index in [2.05, 4.69) is 21.2 Å². The molecule has 0 saturated heterocycles. The first-order valence-corrected chi connectivity index (χ1v) is 11.3. The molecule has 0 aliphatic heterocycles. The summed E-state index contributed by atoms with van der Waals surface area (Å²) >= 11 is 3.36. The van der Waals surface area contributed by atoms with Crippen molar-refractivity contribution in [2.75, 3.05) is 11.1 Å². The van der Waals surface area contributed by atoms with Crippen molar-refractivity contribution in [2.45, 2.75) is 11.8 Å². The number of nitrogens with one attached hydrogen (secondary N) is 1. The number of sulfone groups is 1. The van der Waals surface area contributed by atoms with E-state index in [1.54, 1.807) is 49.4 Å². The van der Waals surface area contributed by atoms with Gasteiger partial charge in [0.05, 0.1) is 16.3 Å². The van der Waals surface area contributed by atoms with Crippen LogP contribution in [0.25, 0.3) is 0 Å². The van der Waals surface area contributed by atoms with E-state index in [9.17, 15) is 18.0 Å². The molecule has 1 amide bonds. The third kappa shape index (κ3) is 4.81. The molecule has 0 fully saturated rings. The van der Waals surface area contributed by atoms with Gasteiger partial charge in [0.15, 0.2) is 15.6 Å². The van der Waals surface area contributed by atoms with Crippen LogP contribution in [0.5, 0.6) is 0 Å². The van der Waals surface area contributed by atoms with Crippen molar-refractivity contribution in [3.05, 3.63) is 94.0 Å². The Hall–Kier alpha value is -2.77. The highest BCUT2D eigenvalue weighted by Gasteiger charge is 2.18. The fourth-order valence-electron chi connectivity index (χ4n) is 2.75. The van der Waals surface area contributed by atoms with Gasteiger partial charge in [0.1, 0.15) is 0 Å². The van der Waals surface area contributed by atoms with Crippen LogP contribution in [0, 0.1) is 0 Å². The van der Waals surface area contributed by atoms with Gasteiger partial charge in [-0.15, -0.1) is 0 Å². The van der Waals surface area contributed by atoms with Crippen molar-refractivity contribution in [3.8, 4) is 0 Å². The Balaban J connectivity index is 1.94. The smallest absolute Gasteiger partial charge is 0.255 e. The van der Waals surface area contributed by atoms with Crippen LogP contribution >= 0.6 is 15.9 Å². The number of amides is 1. The number of rotatable bonds is 6. The van der Waals surface area contributed by atoms with Gasteiger partial charge in [-0.05, 0) is 36.4 Å². The summed E-state index contributed by atoms with van der Waals surface area (Å²) in [5.74, 6) is -0.785. The van der Waals surface area contributed by atoms with E-state index in [1.807, 2.05) is 6.07 Å². The number of hydrogen-bond acceptors (Lipinski definition) is 4. The molecule has 0 aliphatic rings. The Labute approximate surface area is 177 Å². The second kappa shape index (κ2) is 8.71. The summed E-state index contributed by atoms with van der Waals surface area (Å²) in [6.07, 6.45) is 0. The molecule has 0 heterocycles. The third-order valence-electron chi connectivity index (χ3n) is 4.35. The van der Waals surface area contributed by atoms with Crippen LogP contribution in [-0.4, -0.2) is 25.9 Å². The lowest BCUT2D eigenvalue weighted by atomic mass is 10.0. The molecule has 148 valence electrons. The van der Waals surface area contributed by atoms with Crippen molar-refractivity contribution < 1.29 is 18.0 Å². The molecular formula is C22H18BrNO4S. The van der Waals surface area contributed by atoms with E-state index in [1.165, 1.54) is 24.3 Å². The molecule has 29 heavy (non-hydrogen) atoms. The van der Waals surface area contributed by atoms with Crippen molar-refractivity contribution in [2.24, 2.45) is 0 Å². The summed E-state index contributed by atoms with van der Waals surface area (Å²) in [5.41, 5.74) is 1.37. The fourth-order valence-corrected chi connectivity index (χ4v) is 4.04. The van der Waals surface area contributed by atoms with Crippen LogP contribution < -0.4 is 5.32 Å². The predicted octanol–water partition coefficient (Wildman–Crippen LogP) is 4.73. The number of anilines is 1. The van der Waals surface area contributed by atoms with Gasteiger partial charge in [-0.25, -0.2) is 8.42 Å². The van der Waals surface area contributed by atoms with Crippen molar-refractivity contribution in [3.63, 3.8) is 0 Å². The van der Waals surface area contributed by atoms with E-state index in [4.69, 9.17) is 0 Å². The van der Waals surface area contributed by atoms with Gasteiger partial charge in [0.25, 0.3) is 5.91 Å². The van der Waals surface area contributed by atoms with Gasteiger partial charge in [-0.2, -0.15) is 0 Å². The van der Waals surface area contributed by atoms with Gasteiger partial charge in [0.2, 0.25) is 0 Å². The minimum Gasteiger partial charge on any atom is -0.321 e. The van der Waals surface area contributed by atoms with Gasteiger partial charge in [0, 0.05) is 21.2 Å². The summed E-state index contributed by atoms with van der Waals surface area (Å²) in [4.78, 5) is 25.7. The predicted molar refractivity (Wildman–Crippen MR) is 116 cm³/mol. The second-order valence-corrected chi connectivity index (χ2v) is 9.46. The highest BCUT2D eigenvalue weighted by molar-refractivity contribution is 9.10. The fraction of sp³-hybridized carbons (Fsp3) is 0.0909. The first kappa shape index (κ1) is 21.0. The molecule has 3 aromatic rings. The van der Waals surface area contributed by atoms with Crippen LogP contribution in [0.3, 0.4) is 0 Å². The summed E-state index contributed by atoms with van der Waals surface area (Å²) in [7, 11) is -3.43. The second-order valence-electron chi connectivity index (χ2n) is 6.27. The molecule has 0 aromatic heterocycles. The van der Waals surface area contributed by atoms with Gasteiger partial charge >= 0.3 is 0 Å². The number of benzene rings is 3. The van der Waals surface area contributed by atoms with Crippen molar-refractivity contribution in [1.29, 1.82) is 0 Å². The van der Waals surface area contributed by atoms with Gasteiger partial charge in [-0.1, -0.05) is 59.3 Å². The van der Waals surface area contributed by atoms with Gasteiger partial charge in [-0.3, -0.25) is 9.59 Å². The molecule has 0 saturated carbocycles. The van der Waals surface area contributed by atoms with Crippen LogP contribution in [0.2, 0.25) is 0 Å². The van der Waals surface area contributed by atoms with Crippen LogP contribution in [0.4, 0.5) is 5.69 Å². The highest BCUT2D eigenvalue weighted by Crippen LogP contribution is 2.25. The average molecular weight is 472 g/mol. The summed E-state index contributed by atoms with van der Waals surface area (Å²) in [5, 5.41) is 2.73. The zero-order chi connectivity index (χ0) is 21.0. The van der Waals surface area contributed by atoms with E-state index >= 15 is 0 Å². The molecule has 0 atom stereocenters. The van der Waals surface area contributed by atoms with E-state index < -0.39 is 15.7 Å². The first-order chi connectivity index (χ1) is 13.8. The lowest BCUT2D eigenvalue weighted by molar-refractivity contribution is 0.102. The zero-order valence-corrected chi connectivity index (χ0v) is 18.0. The monoisotopic (exact) mass is 471 g/mol. The summed E-state index contributed by atoms with van der Waals surface area (Å²) in [6, 6.07) is 19.6. The Morgan fingerprint density at radius 2 is 1.59 bits per heavy atom. The van der Waals surface area contributed by atoms with Crippen LogP contribution in [0.15, 0.2) is 82.2 Å². The minimum absolute atomic E-state index is 0.0550. The van der Waals surface area contributed by atoms with E-state index in [0.717, 1.165) is 0 Å². The van der Waals surface area contributed by atoms with E-state index in [-0.39, 0.29) is 22.0 Å². The molecule has 3 aromatic carbocycles. The number of ketones is 1. The number of halogens is 1. The summed E-state index contributed by atoms with van der Waals surface area (Å²) in [6.45, 7) is 1.55. The maximum absolute atomic E-state index is 12.9. The average Bonchev–Trinajstić information content (AvgIpc) is 2.75. The van der Waals surface area contributed by atoms with Crippen molar-refractivity contribution in [1.82, 2.24) is 0 Å². The molecule has 0 radical (unpaired) electrons. The summed E-state index contributed by atoms with van der Waals surface area (Å²) < 4.78 is 24.9. The maximum atomic E-state index is 12.9. The Morgan fingerprint density at radius 3 is 2.28 bits per heavy atom. The topological polar surface area (TPSA) is 80.3 Å². The minimum atomic E-state index is -3.43. The lowest BCUT2D eigenvalue weighted by Gasteiger charge is -2.12. The molecule has 0 spiro atoms. The highest BCUT2D eigenvalue weighted by atomic mass is 79.9. The standard InChI is InChI=1S/C22H18BrNO4S/c1-2-29(27,28)18-10-6-9-16(13-18)22(26)24-20-12-11-17(23)14-19(20)21(25)15-7-4-3-5-8-15/h3-14H,2H2,1H3,(H,24,26). The van der Waals surface area contributed by atoms with Crippen molar-refractivity contribution >= 4 is 43.1 Å². The normalized spacial score (nSPS) is 11.1. The number of carbonyl (C=O) groups is 2. The molecule has 3 rings (SSSR count). The quantitative estimate of drug-likeness (QED) is 0.527. The Bertz CT molecular complexity index is 1170. The third-order valence-corrected chi connectivity index (χ3v) is 6.57. The number of hydrogen-bond donors (Lipinski definition) is 1. The Morgan fingerprint density at radius 1 is 0.897 bits per heavy atom. The first-order valence-electron chi connectivity index (χ1n) is 8.85. The molecule has 7 heteroatoms. The SMILES string of the molecule is CCS(=O)(=O)c1cccc(C(=O)Nc2ccc(Br)cc2C(=O)c2ccccc2)c1. The molecule has 1 N–H and O–H groups in total. The lowest BCUT2D eigenvalue weighted by Crippen LogP contribution is -2.16. The molecular weight excluding hydrogens is 454 g/mol. The van der Waals surface area contributed by atoms with Crippen LogP contribution in [0.1, 0.15) is 33.2 Å². The molecule has 5 nitrogen and oxygen atoms in total. The maximum Gasteiger partial charge on any atom is 0.255 e. The zero-order valence-electron chi connectivity index (χ0n) is 15.6. The Kier molecular flexibility index (Phi) is 6.30. The van der Waals surface area contributed by atoms with Crippen LogP contribution in [-0.2, 0) is 9.84 Å². The largest absolute Gasteiger partial charge is 0.321 e. The molecule has 0 aliphatic carbocycles. The molecule has 0 bridgehead atoms. The number of carbonyl (C=O) groups excluding carboxylic acids is 2. The van der Waals surface area contributed by atoms with E-state index in [0.29, 0.717) is 21.3 Å². The molecule has 0 unspecified atom stereocenters.